The van der Waals surface area contributed by atoms with Crippen LogP contribution in [0.4, 0.5) is 0 Å². The smallest absolute Gasteiger partial charge is 0.240 e. The van der Waals surface area contributed by atoms with Gasteiger partial charge in [-0.15, -0.1) is 0 Å². The van der Waals surface area contributed by atoms with E-state index in [1.165, 1.54) is 32.1 Å². The van der Waals surface area contributed by atoms with E-state index in [1.807, 2.05) is 43.0 Å². The van der Waals surface area contributed by atoms with E-state index in [1.54, 1.807) is 0 Å². The van der Waals surface area contributed by atoms with Gasteiger partial charge in [0.25, 0.3) is 0 Å². The molecule has 7 heteroatoms. The SMILES string of the molecule is CC(C)C(=O)NC1(C2CCCCC2)CCN(C(=O)[C@@H](Cc2ccc(Cl)cc2)NC[C@H]2C[C@@H](C)CN2)CC1. The van der Waals surface area contributed by atoms with Gasteiger partial charge in [-0.05, 0) is 74.6 Å². The Morgan fingerprint density at radius 3 is 2.38 bits per heavy atom. The molecule has 1 aromatic carbocycles. The lowest BCUT2D eigenvalue weighted by Crippen LogP contribution is -2.62. The number of carbonyl (C=O) groups excluding carboxylic acids is 2. The molecule has 3 aliphatic rings. The van der Waals surface area contributed by atoms with E-state index in [0.29, 0.717) is 42.4 Å². The van der Waals surface area contributed by atoms with Crippen molar-refractivity contribution in [3.05, 3.63) is 34.9 Å². The molecule has 4 rings (SSSR count). The van der Waals surface area contributed by atoms with E-state index in [0.717, 1.165) is 37.9 Å². The zero-order valence-corrected chi connectivity index (χ0v) is 23.8. The topological polar surface area (TPSA) is 73.5 Å². The second-order valence-corrected chi connectivity index (χ2v) is 12.6. The van der Waals surface area contributed by atoms with Crippen molar-refractivity contribution in [3.63, 3.8) is 0 Å². The van der Waals surface area contributed by atoms with Gasteiger partial charge >= 0.3 is 0 Å². The highest BCUT2D eigenvalue weighted by molar-refractivity contribution is 6.30. The molecule has 3 atom stereocenters. The average Bonchev–Trinajstić information content (AvgIpc) is 3.33. The molecule has 2 saturated heterocycles. The molecule has 1 aliphatic carbocycles. The van der Waals surface area contributed by atoms with Crippen molar-refractivity contribution in [2.24, 2.45) is 17.8 Å². The van der Waals surface area contributed by atoms with Gasteiger partial charge in [-0.1, -0.05) is 63.8 Å². The molecule has 206 valence electrons. The summed E-state index contributed by atoms with van der Waals surface area (Å²) in [5.74, 6) is 1.48. The second-order valence-electron chi connectivity index (χ2n) is 12.2. The van der Waals surface area contributed by atoms with Crippen LogP contribution in [0.5, 0.6) is 0 Å². The fraction of sp³-hybridized carbons (Fsp3) is 0.733. The van der Waals surface area contributed by atoms with Crippen LogP contribution < -0.4 is 16.0 Å². The van der Waals surface area contributed by atoms with E-state index in [-0.39, 0.29) is 29.3 Å². The normalized spacial score (nSPS) is 25.3. The van der Waals surface area contributed by atoms with Crippen molar-refractivity contribution in [2.45, 2.75) is 96.2 Å². The molecule has 2 aliphatic heterocycles. The van der Waals surface area contributed by atoms with E-state index in [2.05, 4.69) is 22.9 Å². The van der Waals surface area contributed by atoms with Crippen molar-refractivity contribution < 1.29 is 9.59 Å². The highest BCUT2D eigenvalue weighted by Gasteiger charge is 2.44. The molecule has 0 unspecified atom stereocenters. The number of hydrogen-bond donors (Lipinski definition) is 3. The van der Waals surface area contributed by atoms with E-state index >= 15 is 0 Å². The predicted octanol–water partition coefficient (Wildman–Crippen LogP) is 4.55. The van der Waals surface area contributed by atoms with Gasteiger partial charge in [0, 0.05) is 42.2 Å². The second kappa shape index (κ2) is 12.9. The van der Waals surface area contributed by atoms with Crippen molar-refractivity contribution in [2.75, 3.05) is 26.2 Å². The summed E-state index contributed by atoms with van der Waals surface area (Å²) in [6, 6.07) is 7.97. The number of hydrogen-bond acceptors (Lipinski definition) is 4. The highest BCUT2D eigenvalue weighted by Crippen LogP contribution is 2.39. The number of carbonyl (C=O) groups is 2. The number of nitrogens with zero attached hydrogens (tertiary/aromatic N) is 1. The average molecular weight is 531 g/mol. The van der Waals surface area contributed by atoms with Crippen LogP contribution in [-0.2, 0) is 16.0 Å². The number of likely N-dealkylation sites (tertiary alicyclic amines) is 1. The van der Waals surface area contributed by atoms with E-state index < -0.39 is 0 Å². The Bertz CT molecular complexity index is 891. The van der Waals surface area contributed by atoms with Crippen LogP contribution in [0.1, 0.15) is 77.7 Å². The number of benzene rings is 1. The van der Waals surface area contributed by atoms with Crippen molar-refractivity contribution in [1.82, 2.24) is 20.9 Å². The van der Waals surface area contributed by atoms with E-state index in [9.17, 15) is 9.59 Å². The van der Waals surface area contributed by atoms with Gasteiger partial charge in [0.1, 0.15) is 0 Å². The van der Waals surface area contributed by atoms with Gasteiger partial charge in [-0.3, -0.25) is 9.59 Å². The van der Waals surface area contributed by atoms with Gasteiger partial charge in [0.15, 0.2) is 0 Å². The van der Waals surface area contributed by atoms with Crippen molar-refractivity contribution in [1.29, 1.82) is 0 Å². The minimum Gasteiger partial charge on any atom is -0.350 e. The van der Waals surface area contributed by atoms with Crippen LogP contribution in [0.3, 0.4) is 0 Å². The third-order valence-corrected chi connectivity index (χ3v) is 9.21. The van der Waals surface area contributed by atoms with Crippen molar-refractivity contribution in [3.8, 4) is 0 Å². The quantitative estimate of drug-likeness (QED) is 0.438. The first-order valence-electron chi connectivity index (χ1n) is 14.6. The monoisotopic (exact) mass is 530 g/mol. The van der Waals surface area contributed by atoms with E-state index in [4.69, 9.17) is 11.6 Å². The first-order chi connectivity index (χ1) is 17.8. The molecule has 1 saturated carbocycles. The molecule has 2 heterocycles. The fourth-order valence-corrected chi connectivity index (χ4v) is 6.72. The molecule has 0 spiro atoms. The Morgan fingerprint density at radius 1 is 1.11 bits per heavy atom. The maximum absolute atomic E-state index is 13.9. The highest BCUT2D eigenvalue weighted by atomic mass is 35.5. The maximum Gasteiger partial charge on any atom is 0.240 e. The molecule has 3 fully saturated rings. The summed E-state index contributed by atoms with van der Waals surface area (Å²) in [5.41, 5.74) is 0.933. The third kappa shape index (κ3) is 7.48. The predicted molar refractivity (Wildman–Crippen MR) is 151 cm³/mol. The minimum absolute atomic E-state index is 0.0278. The van der Waals surface area contributed by atoms with Crippen molar-refractivity contribution >= 4 is 23.4 Å². The number of amides is 2. The lowest BCUT2D eigenvalue weighted by atomic mass is 9.69. The molecule has 37 heavy (non-hydrogen) atoms. The standard InChI is InChI=1S/C30H47ClN4O2/c1-21(2)28(36)34-30(24-7-5-4-6-8-24)13-15-35(16-14-30)29(37)27(18-23-9-11-25(31)12-10-23)33-20-26-17-22(3)19-32-26/h9-12,21-22,24,26-27,32-33H,4-8,13-20H2,1-3H3,(H,34,36)/t22-,26-,27-/m1/s1. The Hall–Kier alpha value is -1.63. The largest absolute Gasteiger partial charge is 0.350 e. The summed E-state index contributed by atoms with van der Waals surface area (Å²) in [5, 5.41) is 11.4. The molecule has 2 amide bonds. The maximum atomic E-state index is 13.9. The van der Waals surface area contributed by atoms with Crippen LogP contribution >= 0.6 is 11.6 Å². The van der Waals surface area contributed by atoms with Crippen LogP contribution in [0.2, 0.25) is 5.02 Å². The first kappa shape index (κ1) is 28.4. The Morgan fingerprint density at radius 2 is 1.78 bits per heavy atom. The molecule has 0 bridgehead atoms. The Kier molecular flexibility index (Phi) is 9.93. The van der Waals surface area contributed by atoms with Gasteiger partial charge in [-0.25, -0.2) is 0 Å². The summed E-state index contributed by atoms with van der Waals surface area (Å²) in [6.45, 7) is 9.44. The van der Waals surface area contributed by atoms with Gasteiger partial charge in [-0.2, -0.15) is 0 Å². The molecule has 3 N–H and O–H groups in total. The number of piperidine rings is 1. The lowest BCUT2D eigenvalue weighted by Gasteiger charge is -2.49. The Balaban J connectivity index is 1.44. The Labute approximate surface area is 228 Å². The molecule has 1 aromatic rings. The third-order valence-electron chi connectivity index (χ3n) is 8.95. The fourth-order valence-electron chi connectivity index (χ4n) is 6.59. The summed E-state index contributed by atoms with van der Waals surface area (Å²) >= 11 is 6.11. The zero-order chi connectivity index (χ0) is 26.4. The number of rotatable bonds is 9. The molecular formula is C30H47ClN4O2. The summed E-state index contributed by atoms with van der Waals surface area (Å²) < 4.78 is 0. The summed E-state index contributed by atoms with van der Waals surface area (Å²) in [7, 11) is 0. The molecular weight excluding hydrogens is 484 g/mol. The summed E-state index contributed by atoms with van der Waals surface area (Å²) in [4.78, 5) is 28.8. The molecule has 0 aromatic heterocycles. The minimum atomic E-state index is -0.272. The van der Waals surface area contributed by atoms with Gasteiger partial charge in [0.05, 0.1) is 6.04 Å². The van der Waals surface area contributed by atoms with Crippen LogP contribution in [0.15, 0.2) is 24.3 Å². The summed E-state index contributed by atoms with van der Waals surface area (Å²) in [6.07, 6.45) is 9.61. The van der Waals surface area contributed by atoms with Crippen LogP contribution in [0.25, 0.3) is 0 Å². The lowest BCUT2D eigenvalue weighted by molar-refractivity contribution is -0.136. The molecule has 0 radical (unpaired) electrons. The zero-order valence-electron chi connectivity index (χ0n) is 23.0. The van der Waals surface area contributed by atoms with Crippen LogP contribution in [-0.4, -0.2) is 60.5 Å². The number of nitrogens with one attached hydrogen (secondary N) is 3. The van der Waals surface area contributed by atoms with Gasteiger partial charge in [0.2, 0.25) is 11.8 Å². The number of halogens is 1. The van der Waals surface area contributed by atoms with Crippen LogP contribution in [0, 0.1) is 17.8 Å². The first-order valence-corrected chi connectivity index (χ1v) is 15.0. The van der Waals surface area contributed by atoms with Gasteiger partial charge < -0.3 is 20.9 Å². The molecule has 6 nitrogen and oxygen atoms in total.